The highest BCUT2D eigenvalue weighted by Gasteiger charge is 2.38. The minimum atomic E-state index is -1.78. The first-order chi connectivity index (χ1) is 4.93. The van der Waals surface area contributed by atoms with Gasteiger partial charge >= 0.3 is 0 Å². The Morgan fingerprint density at radius 1 is 1.55 bits per heavy atom. The minimum Gasteiger partial charge on any atom is -0.267 e. The molecular weight excluding hydrogens is 215 g/mol. The number of nitrogens with zero attached hydrogens (tertiary/aromatic N) is 3. The normalized spacial score (nSPS) is 25.0. The van der Waals surface area contributed by atoms with Gasteiger partial charge in [-0.15, -0.1) is 0 Å². The number of alkyl halides is 4. The summed E-state index contributed by atoms with van der Waals surface area (Å²) >= 11 is 16.2. The second kappa shape index (κ2) is 2.84. The Morgan fingerprint density at radius 2 is 2.09 bits per heavy atom. The Morgan fingerprint density at radius 3 is 2.27 bits per heavy atom. The van der Waals surface area contributed by atoms with E-state index in [0.717, 1.165) is 16.2 Å². The lowest BCUT2D eigenvalue weighted by molar-refractivity contribution is 0.0326. The third kappa shape index (κ3) is 1.80. The summed E-state index contributed by atoms with van der Waals surface area (Å²) in [6.45, 7) is 0. The van der Waals surface area contributed by atoms with Crippen LogP contribution < -0.4 is 0 Å². The van der Waals surface area contributed by atoms with Gasteiger partial charge in [-0.3, -0.25) is 4.90 Å². The highest BCUT2D eigenvalue weighted by Crippen LogP contribution is 2.34. The lowest BCUT2D eigenvalue weighted by Gasteiger charge is -2.26. The molecule has 1 rings (SSSR count). The van der Waals surface area contributed by atoms with Gasteiger partial charge in [-0.2, -0.15) is 9.49 Å². The summed E-state index contributed by atoms with van der Waals surface area (Å²) in [4.78, 5) is 0.873. The van der Waals surface area contributed by atoms with E-state index < -0.39 is 10.3 Å². The lowest BCUT2D eigenvalue weighted by atomic mass is 10.8. The molecule has 0 bridgehead atoms. The molecule has 64 valence electrons. The maximum atomic E-state index is 13.0. The largest absolute Gasteiger partial charge is 0.272 e. The molecular formula is C4H5Cl3FN3. The summed E-state index contributed by atoms with van der Waals surface area (Å²) < 4.78 is 11.2. The molecule has 0 aromatic rings. The van der Waals surface area contributed by atoms with Crippen LogP contribution in [0.25, 0.3) is 0 Å². The molecule has 0 amide bonds. The molecule has 0 fully saturated rings. The van der Waals surface area contributed by atoms with Crippen LogP contribution in [0.15, 0.2) is 5.10 Å². The van der Waals surface area contributed by atoms with Gasteiger partial charge in [0.25, 0.3) is 10.3 Å². The standard InChI is InChI=1S/C4H5Cl3FN3/c1-10-3(8)11(2-9-10)4(5,6)7/h2-3H,1H3. The van der Waals surface area contributed by atoms with E-state index in [1.54, 1.807) is 0 Å². The van der Waals surface area contributed by atoms with Gasteiger partial charge in [-0.25, -0.2) is 5.01 Å². The highest BCUT2D eigenvalue weighted by atomic mass is 35.6. The number of hydrogen-bond acceptors (Lipinski definition) is 3. The molecule has 7 heteroatoms. The Kier molecular flexibility index (Phi) is 2.37. The van der Waals surface area contributed by atoms with E-state index in [2.05, 4.69) is 5.10 Å². The van der Waals surface area contributed by atoms with E-state index in [0.29, 0.717) is 0 Å². The number of hydrogen-bond donors (Lipinski definition) is 0. The van der Waals surface area contributed by atoms with E-state index in [1.807, 2.05) is 0 Å². The minimum absolute atomic E-state index is 0.873. The lowest BCUT2D eigenvalue weighted by Crippen LogP contribution is -2.41. The molecule has 1 aliphatic rings. The van der Waals surface area contributed by atoms with Crippen molar-refractivity contribution in [2.75, 3.05) is 7.05 Å². The van der Waals surface area contributed by atoms with E-state index in [-0.39, 0.29) is 0 Å². The molecule has 0 N–H and O–H groups in total. The molecule has 1 unspecified atom stereocenters. The summed E-state index contributed by atoms with van der Waals surface area (Å²) in [5.74, 6) is 0. The van der Waals surface area contributed by atoms with Gasteiger partial charge in [0.05, 0.1) is 0 Å². The fraction of sp³-hybridized carbons (Fsp3) is 0.750. The van der Waals surface area contributed by atoms with Crippen molar-refractivity contribution in [3.63, 3.8) is 0 Å². The highest BCUT2D eigenvalue weighted by molar-refractivity contribution is 6.67. The molecule has 1 heterocycles. The van der Waals surface area contributed by atoms with Crippen molar-refractivity contribution >= 4 is 41.1 Å². The van der Waals surface area contributed by atoms with Crippen LogP contribution in [0.3, 0.4) is 0 Å². The van der Waals surface area contributed by atoms with Crippen LogP contribution in [0.4, 0.5) is 4.39 Å². The van der Waals surface area contributed by atoms with Crippen LogP contribution in [-0.2, 0) is 0 Å². The zero-order valence-corrected chi connectivity index (χ0v) is 7.78. The monoisotopic (exact) mass is 219 g/mol. The van der Waals surface area contributed by atoms with Crippen molar-refractivity contribution in [1.82, 2.24) is 9.91 Å². The first-order valence-corrected chi connectivity index (χ1v) is 3.82. The van der Waals surface area contributed by atoms with Crippen LogP contribution in [-0.4, -0.2) is 33.6 Å². The van der Waals surface area contributed by atoms with Gasteiger partial charge in [-0.1, -0.05) is 34.8 Å². The SMILES string of the molecule is CN1N=CN(C(Cl)(Cl)Cl)C1F. The van der Waals surface area contributed by atoms with Crippen molar-refractivity contribution in [2.45, 2.75) is 10.3 Å². The van der Waals surface area contributed by atoms with E-state index >= 15 is 0 Å². The second-order valence-electron chi connectivity index (χ2n) is 1.99. The molecule has 0 aromatic heterocycles. The second-order valence-corrected chi connectivity index (χ2v) is 4.21. The summed E-state index contributed by atoms with van der Waals surface area (Å²) in [5.41, 5.74) is 0. The zero-order valence-electron chi connectivity index (χ0n) is 5.51. The van der Waals surface area contributed by atoms with Crippen molar-refractivity contribution in [1.29, 1.82) is 0 Å². The Hall–Kier alpha value is 0.0700. The van der Waals surface area contributed by atoms with E-state index in [1.165, 1.54) is 7.05 Å². The van der Waals surface area contributed by atoms with E-state index in [4.69, 9.17) is 34.8 Å². The van der Waals surface area contributed by atoms with Crippen molar-refractivity contribution in [3.8, 4) is 0 Å². The van der Waals surface area contributed by atoms with Crippen LogP contribution >= 0.6 is 34.8 Å². The average Bonchev–Trinajstić information content (AvgIpc) is 2.11. The first kappa shape index (κ1) is 9.16. The van der Waals surface area contributed by atoms with Gasteiger partial charge in [0.2, 0.25) is 0 Å². The van der Waals surface area contributed by atoms with Crippen LogP contribution in [0.5, 0.6) is 0 Å². The predicted octanol–water partition coefficient (Wildman–Crippen LogP) is 1.76. The molecule has 3 nitrogen and oxygen atoms in total. The average molecular weight is 220 g/mol. The summed E-state index contributed by atoms with van der Waals surface area (Å²) in [5, 5.41) is 4.61. The Balaban J connectivity index is 2.70. The fourth-order valence-corrected chi connectivity index (χ4v) is 0.986. The van der Waals surface area contributed by atoms with Crippen molar-refractivity contribution < 1.29 is 4.39 Å². The molecule has 0 spiro atoms. The smallest absolute Gasteiger partial charge is 0.267 e. The third-order valence-corrected chi connectivity index (χ3v) is 1.77. The van der Waals surface area contributed by atoms with Gasteiger partial charge < -0.3 is 0 Å². The Labute approximate surface area is 78.3 Å². The number of rotatable bonds is 0. The third-order valence-electron chi connectivity index (χ3n) is 1.19. The number of halogens is 4. The number of hydrazone groups is 1. The van der Waals surface area contributed by atoms with Crippen LogP contribution in [0.2, 0.25) is 0 Å². The predicted molar refractivity (Wildman–Crippen MR) is 43.3 cm³/mol. The van der Waals surface area contributed by atoms with Crippen LogP contribution in [0, 0.1) is 0 Å². The molecule has 0 radical (unpaired) electrons. The van der Waals surface area contributed by atoms with Crippen LogP contribution in [0.1, 0.15) is 0 Å². The molecule has 0 saturated carbocycles. The van der Waals surface area contributed by atoms with Gasteiger partial charge in [0.1, 0.15) is 6.34 Å². The van der Waals surface area contributed by atoms with Gasteiger partial charge in [0.15, 0.2) is 0 Å². The summed E-state index contributed by atoms with van der Waals surface area (Å²) in [6, 6.07) is 0. The maximum Gasteiger partial charge on any atom is 0.272 e. The molecule has 0 aliphatic carbocycles. The topological polar surface area (TPSA) is 18.8 Å². The van der Waals surface area contributed by atoms with Crippen molar-refractivity contribution in [3.05, 3.63) is 0 Å². The fourth-order valence-electron chi connectivity index (χ4n) is 0.613. The van der Waals surface area contributed by atoms with Crippen molar-refractivity contribution in [2.24, 2.45) is 5.10 Å². The van der Waals surface area contributed by atoms with Gasteiger partial charge in [-0.05, 0) is 0 Å². The quantitative estimate of drug-likeness (QED) is 0.458. The Bertz CT molecular complexity index is 180. The summed E-state index contributed by atoms with van der Waals surface area (Å²) in [6.07, 6.45) is -0.375. The molecule has 11 heavy (non-hydrogen) atoms. The summed E-state index contributed by atoms with van der Waals surface area (Å²) in [7, 11) is 1.44. The van der Waals surface area contributed by atoms with Gasteiger partial charge in [0, 0.05) is 7.05 Å². The molecule has 0 saturated heterocycles. The van der Waals surface area contributed by atoms with E-state index in [9.17, 15) is 4.39 Å². The first-order valence-electron chi connectivity index (χ1n) is 2.69. The molecule has 1 atom stereocenters. The molecule has 0 aromatic carbocycles. The maximum absolute atomic E-state index is 13.0. The molecule has 1 aliphatic heterocycles. The zero-order chi connectivity index (χ0) is 8.65.